The maximum atomic E-state index is 12.2. The van der Waals surface area contributed by atoms with Crippen LogP contribution in [0.25, 0.3) is 0 Å². The second-order valence-corrected chi connectivity index (χ2v) is 6.21. The molecule has 0 aliphatic carbocycles. The van der Waals surface area contributed by atoms with Gasteiger partial charge in [0, 0.05) is 5.56 Å². The highest BCUT2D eigenvalue weighted by atomic mass is 35.5. The number of hydrogen-bond acceptors (Lipinski definition) is 4. The maximum Gasteiger partial charge on any atom is 0.258 e. The summed E-state index contributed by atoms with van der Waals surface area (Å²) in [6, 6.07) is 8.52. The summed E-state index contributed by atoms with van der Waals surface area (Å²) in [5.74, 6) is -0.365. The number of thiophene rings is 1. The second kappa shape index (κ2) is 6.26. The zero-order valence-corrected chi connectivity index (χ0v) is 12.7. The van der Waals surface area contributed by atoms with E-state index in [0.717, 1.165) is 11.3 Å². The number of nitrogens with one attached hydrogen (secondary N) is 1. The molecule has 2 aromatic rings. The van der Waals surface area contributed by atoms with Gasteiger partial charge in [-0.2, -0.15) is 0 Å². The molecular formula is C13H10Cl2N2O2S. The van der Waals surface area contributed by atoms with Crippen molar-refractivity contribution in [3.05, 3.63) is 50.1 Å². The Labute approximate surface area is 129 Å². The van der Waals surface area contributed by atoms with E-state index in [9.17, 15) is 4.79 Å². The van der Waals surface area contributed by atoms with E-state index in [0.29, 0.717) is 31.2 Å². The normalized spacial score (nSPS) is 11.4. The summed E-state index contributed by atoms with van der Waals surface area (Å²) in [5, 5.41) is 14.7. The third kappa shape index (κ3) is 3.12. The third-order valence-electron chi connectivity index (χ3n) is 2.62. The topological polar surface area (TPSA) is 61.7 Å². The van der Waals surface area contributed by atoms with E-state index >= 15 is 0 Å². The van der Waals surface area contributed by atoms with Crippen molar-refractivity contribution in [3.63, 3.8) is 0 Å². The molecule has 0 spiro atoms. The fourth-order valence-corrected chi connectivity index (χ4v) is 3.10. The number of hydrogen-bond donors (Lipinski definition) is 2. The number of rotatable bonds is 3. The van der Waals surface area contributed by atoms with Crippen LogP contribution >= 0.6 is 34.5 Å². The van der Waals surface area contributed by atoms with Crippen LogP contribution in [-0.2, 0) is 0 Å². The van der Waals surface area contributed by atoms with Crippen LogP contribution in [-0.4, -0.2) is 16.8 Å². The van der Waals surface area contributed by atoms with Crippen LogP contribution < -0.4 is 5.32 Å². The smallest absolute Gasteiger partial charge is 0.258 e. The molecule has 1 aromatic carbocycles. The Hall–Kier alpha value is -1.56. The fourth-order valence-electron chi connectivity index (χ4n) is 1.65. The van der Waals surface area contributed by atoms with Crippen molar-refractivity contribution in [2.75, 3.05) is 5.32 Å². The zero-order chi connectivity index (χ0) is 14.7. The summed E-state index contributed by atoms with van der Waals surface area (Å²) in [5.41, 5.74) is 1.87. The number of oxime groups is 1. The van der Waals surface area contributed by atoms with Crippen LogP contribution in [0.1, 0.15) is 22.8 Å². The first kappa shape index (κ1) is 14.8. The van der Waals surface area contributed by atoms with E-state index < -0.39 is 0 Å². The van der Waals surface area contributed by atoms with E-state index in [1.54, 1.807) is 31.2 Å². The van der Waals surface area contributed by atoms with Crippen LogP contribution in [0.4, 0.5) is 5.69 Å². The van der Waals surface area contributed by atoms with Crippen molar-refractivity contribution in [1.82, 2.24) is 0 Å². The first-order valence-corrected chi connectivity index (χ1v) is 7.14. The van der Waals surface area contributed by atoms with Crippen molar-refractivity contribution < 1.29 is 10.0 Å². The molecule has 0 aliphatic heterocycles. The lowest BCUT2D eigenvalue weighted by atomic mass is 10.1. The zero-order valence-electron chi connectivity index (χ0n) is 10.4. The standard InChI is InChI=1S/C13H10Cl2N2O2S/c1-7(17-19)8-4-2-3-5-10(8)16-13(18)9-6-11(14)20-12(9)15/h2-6,19H,1H3,(H,16,18)/b17-7-. The highest BCUT2D eigenvalue weighted by Crippen LogP contribution is 2.31. The number of halogens is 2. The molecule has 1 amide bonds. The van der Waals surface area contributed by atoms with Crippen molar-refractivity contribution in [1.29, 1.82) is 0 Å². The van der Waals surface area contributed by atoms with Crippen LogP contribution in [0.3, 0.4) is 0 Å². The Kier molecular flexibility index (Phi) is 4.65. The van der Waals surface area contributed by atoms with Gasteiger partial charge in [0.2, 0.25) is 0 Å². The summed E-state index contributed by atoms with van der Waals surface area (Å²) >= 11 is 12.9. The molecule has 104 valence electrons. The maximum absolute atomic E-state index is 12.2. The van der Waals surface area contributed by atoms with E-state index in [-0.39, 0.29) is 5.91 Å². The van der Waals surface area contributed by atoms with Gasteiger partial charge in [0.25, 0.3) is 5.91 Å². The molecule has 0 unspecified atom stereocenters. The molecule has 2 N–H and O–H groups in total. The minimum Gasteiger partial charge on any atom is -0.411 e. The van der Waals surface area contributed by atoms with Gasteiger partial charge in [-0.15, -0.1) is 11.3 Å². The van der Waals surface area contributed by atoms with Gasteiger partial charge in [-0.3, -0.25) is 4.79 Å². The number of nitrogens with zero attached hydrogens (tertiary/aromatic N) is 1. The average molecular weight is 329 g/mol. The molecule has 0 bridgehead atoms. The summed E-state index contributed by atoms with van der Waals surface area (Å²) in [6.45, 7) is 1.64. The van der Waals surface area contributed by atoms with Crippen LogP contribution in [0.15, 0.2) is 35.5 Å². The highest BCUT2D eigenvalue weighted by molar-refractivity contribution is 7.20. The number of para-hydroxylation sites is 1. The quantitative estimate of drug-likeness (QED) is 0.494. The Bertz CT molecular complexity index is 683. The number of carbonyl (C=O) groups is 1. The molecule has 0 radical (unpaired) electrons. The molecule has 0 atom stereocenters. The lowest BCUT2D eigenvalue weighted by molar-refractivity contribution is 0.102. The fraction of sp³-hybridized carbons (Fsp3) is 0.0769. The molecule has 1 aromatic heterocycles. The summed E-state index contributed by atoms with van der Waals surface area (Å²) in [7, 11) is 0. The Morgan fingerprint density at radius 1 is 1.30 bits per heavy atom. The monoisotopic (exact) mass is 328 g/mol. The van der Waals surface area contributed by atoms with E-state index in [4.69, 9.17) is 28.4 Å². The molecule has 2 rings (SSSR count). The van der Waals surface area contributed by atoms with Gasteiger partial charge in [-0.05, 0) is 19.1 Å². The molecule has 4 nitrogen and oxygen atoms in total. The van der Waals surface area contributed by atoms with Crippen LogP contribution in [0.5, 0.6) is 0 Å². The van der Waals surface area contributed by atoms with Crippen molar-refractivity contribution in [2.24, 2.45) is 5.16 Å². The van der Waals surface area contributed by atoms with Gasteiger partial charge in [0.15, 0.2) is 0 Å². The largest absolute Gasteiger partial charge is 0.411 e. The minimum atomic E-state index is -0.365. The van der Waals surface area contributed by atoms with Crippen molar-refractivity contribution >= 4 is 51.8 Å². The van der Waals surface area contributed by atoms with Gasteiger partial charge < -0.3 is 10.5 Å². The van der Waals surface area contributed by atoms with E-state index in [1.165, 1.54) is 6.07 Å². The predicted molar refractivity (Wildman–Crippen MR) is 82.7 cm³/mol. The Balaban J connectivity index is 2.31. The molecular weight excluding hydrogens is 319 g/mol. The summed E-state index contributed by atoms with van der Waals surface area (Å²) in [6.07, 6.45) is 0. The molecule has 1 heterocycles. The molecule has 0 saturated heterocycles. The number of amides is 1. The summed E-state index contributed by atoms with van der Waals surface area (Å²) in [4.78, 5) is 12.2. The Morgan fingerprint density at radius 3 is 2.60 bits per heavy atom. The predicted octanol–water partition coefficient (Wildman–Crippen LogP) is 4.51. The summed E-state index contributed by atoms with van der Waals surface area (Å²) < 4.78 is 0.777. The molecule has 7 heteroatoms. The number of anilines is 1. The molecule has 20 heavy (non-hydrogen) atoms. The first-order chi connectivity index (χ1) is 9.52. The SMILES string of the molecule is C/C(=N/O)c1ccccc1NC(=O)c1cc(Cl)sc1Cl. The lowest BCUT2D eigenvalue weighted by Crippen LogP contribution is -2.14. The lowest BCUT2D eigenvalue weighted by Gasteiger charge is -2.09. The van der Waals surface area contributed by atoms with Crippen molar-refractivity contribution in [2.45, 2.75) is 6.92 Å². The van der Waals surface area contributed by atoms with Gasteiger partial charge >= 0.3 is 0 Å². The Morgan fingerprint density at radius 2 is 2.00 bits per heavy atom. The van der Waals surface area contributed by atoms with Crippen LogP contribution in [0, 0.1) is 0 Å². The highest BCUT2D eigenvalue weighted by Gasteiger charge is 2.16. The number of carbonyl (C=O) groups excluding carboxylic acids is 1. The van der Waals surface area contributed by atoms with Gasteiger partial charge in [-0.1, -0.05) is 46.6 Å². The molecule has 0 aliphatic rings. The van der Waals surface area contributed by atoms with Crippen molar-refractivity contribution in [3.8, 4) is 0 Å². The minimum absolute atomic E-state index is 0.315. The molecule has 0 saturated carbocycles. The van der Waals surface area contributed by atoms with Gasteiger partial charge in [-0.25, -0.2) is 0 Å². The molecule has 0 fully saturated rings. The van der Waals surface area contributed by atoms with Crippen LogP contribution in [0.2, 0.25) is 8.67 Å². The van der Waals surface area contributed by atoms with E-state index in [1.807, 2.05) is 0 Å². The van der Waals surface area contributed by atoms with Gasteiger partial charge in [0.1, 0.15) is 4.34 Å². The number of benzene rings is 1. The average Bonchev–Trinajstić information content (AvgIpc) is 2.77. The second-order valence-electron chi connectivity index (χ2n) is 3.92. The third-order valence-corrected chi connectivity index (χ3v) is 4.10. The van der Waals surface area contributed by atoms with E-state index in [2.05, 4.69) is 10.5 Å². The first-order valence-electron chi connectivity index (χ1n) is 5.57. The van der Waals surface area contributed by atoms with Gasteiger partial charge in [0.05, 0.1) is 21.3 Å².